The van der Waals surface area contributed by atoms with E-state index in [1.54, 1.807) is 0 Å². The molecule has 1 fully saturated rings. The third-order valence-corrected chi connectivity index (χ3v) is 4.59. The second-order valence-corrected chi connectivity index (χ2v) is 5.92. The number of fused-ring (bicyclic) bond motifs is 1. The number of hydrogen-bond acceptors (Lipinski definition) is 4. The van der Waals surface area contributed by atoms with E-state index in [1.165, 1.54) is 23.6 Å². The second kappa shape index (κ2) is 5.85. The van der Waals surface area contributed by atoms with E-state index in [0.717, 1.165) is 43.6 Å². The zero-order valence-corrected chi connectivity index (χ0v) is 11.3. The molecule has 3 nitrogen and oxygen atoms in total. The van der Waals surface area contributed by atoms with Crippen molar-refractivity contribution in [2.24, 2.45) is 5.92 Å². The maximum Gasteiger partial charge on any atom is 0.162 e. The van der Waals surface area contributed by atoms with E-state index in [9.17, 15) is 0 Å². The van der Waals surface area contributed by atoms with E-state index >= 15 is 0 Å². The first-order valence-corrected chi connectivity index (χ1v) is 7.63. The SMILES string of the molecule is c1cc2c(cc1SCC1CCNC1)OCCCO2. The Balaban J connectivity index is 1.63. The molecule has 3 rings (SSSR count). The second-order valence-electron chi connectivity index (χ2n) is 4.83. The molecule has 1 unspecified atom stereocenters. The number of ether oxygens (including phenoxy) is 2. The first-order valence-electron chi connectivity index (χ1n) is 6.65. The van der Waals surface area contributed by atoms with Crippen molar-refractivity contribution in [3.8, 4) is 11.5 Å². The number of nitrogens with one attached hydrogen (secondary N) is 1. The molecule has 2 aliphatic rings. The van der Waals surface area contributed by atoms with Crippen molar-refractivity contribution >= 4 is 11.8 Å². The summed E-state index contributed by atoms with van der Waals surface area (Å²) in [6.45, 7) is 3.85. The monoisotopic (exact) mass is 265 g/mol. The van der Waals surface area contributed by atoms with Crippen molar-refractivity contribution < 1.29 is 9.47 Å². The topological polar surface area (TPSA) is 30.5 Å². The lowest BCUT2D eigenvalue weighted by atomic mass is 10.2. The summed E-state index contributed by atoms with van der Waals surface area (Å²) in [6, 6.07) is 6.30. The smallest absolute Gasteiger partial charge is 0.162 e. The van der Waals surface area contributed by atoms with E-state index in [-0.39, 0.29) is 0 Å². The summed E-state index contributed by atoms with van der Waals surface area (Å²) in [7, 11) is 0. The van der Waals surface area contributed by atoms with Crippen LogP contribution in [0.15, 0.2) is 23.1 Å². The van der Waals surface area contributed by atoms with Gasteiger partial charge in [-0.3, -0.25) is 0 Å². The Bertz CT molecular complexity index is 405. The highest BCUT2D eigenvalue weighted by atomic mass is 32.2. The molecule has 2 heterocycles. The minimum atomic E-state index is 0.757. The fraction of sp³-hybridized carbons (Fsp3) is 0.571. The Morgan fingerprint density at radius 2 is 2.11 bits per heavy atom. The van der Waals surface area contributed by atoms with Crippen molar-refractivity contribution in [3.05, 3.63) is 18.2 Å². The predicted octanol–water partition coefficient (Wildman–Crippen LogP) is 2.55. The van der Waals surface area contributed by atoms with Gasteiger partial charge in [-0.05, 0) is 43.6 Å². The Kier molecular flexibility index (Phi) is 3.96. The van der Waals surface area contributed by atoms with Gasteiger partial charge in [0, 0.05) is 17.1 Å². The van der Waals surface area contributed by atoms with Crippen molar-refractivity contribution in [2.45, 2.75) is 17.7 Å². The first kappa shape index (κ1) is 12.2. The maximum atomic E-state index is 5.71. The normalized spacial score (nSPS) is 22.8. The van der Waals surface area contributed by atoms with Crippen molar-refractivity contribution in [1.29, 1.82) is 0 Å². The molecule has 4 heteroatoms. The Morgan fingerprint density at radius 1 is 1.22 bits per heavy atom. The summed E-state index contributed by atoms with van der Waals surface area (Å²) in [6.07, 6.45) is 2.27. The van der Waals surface area contributed by atoms with E-state index in [0.29, 0.717) is 0 Å². The molecule has 0 amide bonds. The van der Waals surface area contributed by atoms with Gasteiger partial charge in [0.05, 0.1) is 13.2 Å². The summed E-state index contributed by atoms with van der Waals surface area (Å²) in [4.78, 5) is 1.28. The maximum absolute atomic E-state index is 5.71. The van der Waals surface area contributed by atoms with Crippen LogP contribution in [0, 0.1) is 5.92 Å². The summed E-state index contributed by atoms with van der Waals surface area (Å²) in [5.41, 5.74) is 0. The minimum Gasteiger partial charge on any atom is -0.490 e. The molecule has 2 aliphatic heterocycles. The van der Waals surface area contributed by atoms with Crippen LogP contribution in [0.25, 0.3) is 0 Å². The van der Waals surface area contributed by atoms with Gasteiger partial charge < -0.3 is 14.8 Å². The Labute approximate surface area is 112 Å². The quantitative estimate of drug-likeness (QED) is 0.851. The molecule has 0 bridgehead atoms. The third-order valence-electron chi connectivity index (χ3n) is 3.37. The van der Waals surface area contributed by atoms with Gasteiger partial charge in [0.2, 0.25) is 0 Å². The van der Waals surface area contributed by atoms with Crippen LogP contribution >= 0.6 is 11.8 Å². The van der Waals surface area contributed by atoms with Gasteiger partial charge in [-0.1, -0.05) is 0 Å². The highest BCUT2D eigenvalue weighted by Crippen LogP contribution is 2.34. The minimum absolute atomic E-state index is 0.757. The third kappa shape index (κ3) is 2.93. The zero-order chi connectivity index (χ0) is 12.2. The molecule has 1 aromatic rings. The van der Waals surface area contributed by atoms with Gasteiger partial charge in [-0.15, -0.1) is 11.8 Å². The van der Waals surface area contributed by atoms with Gasteiger partial charge >= 0.3 is 0 Å². The summed E-state index contributed by atoms with van der Waals surface area (Å²) in [5, 5.41) is 3.41. The van der Waals surface area contributed by atoms with Crippen molar-refractivity contribution in [1.82, 2.24) is 5.32 Å². The molecule has 0 aliphatic carbocycles. The van der Waals surface area contributed by atoms with Gasteiger partial charge in [-0.2, -0.15) is 0 Å². The first-order chi connectivity index (χ1) is 8.92. The molecule has 98 valence electrons. The van der Waals surface area contributed by atoms with Crippen LogP contribution in [0.4, 0.5) is 0 Å². The van der Waals surface area contributed by atoms with Gasteiger partial charge in [0.1, 0.15) is 0 Å². The van der Waals surface area contributed by atoms with Gasteiger partial charge in [-0.25, -0.2) is 0 Å². The molecule has 0 aromatic heterocycles. The molecule has 1 saturated heterocycles. The number of rotatable bonds is 3. The van der Waals surface area contributed by atoms with Crippen LogP contribution in [0.2, 0.25) is 0 Å². The fourth-order valence-corrected chi connectivity index (χ4v) is 3.37. The van der Waals surface area contributed by atoms with E-state index in [4.69, 9.17) is 9.47 Å². The van der Waals surface area contributed by atoms with Crippen LogP contribution in [0.1, 0.15) is 12.8 Å². The lowest BCUT2D eigenvalue weighted by molar-refractivity contribution is 0.297. The molecule has 0 saturated carbocycles. The number of benzene rings is 1. The highest BCUT2D eigenvalue weighted by Gasteiger charge is 2.15. The number of hydrogen-bond donors (Lipinski definition) is 1. The average Bonchev–Trinajstić information content (AvgIpc) is 2.80. The number of thioether (sulfide) groups is 1. The predicted molar refractivity (Wildman–Crippen MR) is 73.7 cm³/mol. The average molecular weight is 265 g/mol. The largest absolute Gasteiger partial charge is 0.490 e. The summed E-state index contributed by atoms with van der Waals surface area (Å²) < 4.78 is 11.3. The standard InChI is InChI=1S/C14H19NO2S/c1-6-16-13-3-2-12(8-14(13)17-7-1)18-10-11-4-5-15-9-11/h2-3,8,11,15H,1,4-7,9-10H2. The van der Waals surface area contributed by atoms with E-state index < -0.39 is 0 Å². The summed E-state index contributed by atoms with van der Waals surface area (Å²) in [5.74, 6) is 3.79. The van der Waals surface area contributed by atoms with Crippen molar-refractivity contribution in [3.63, 3.8) is 0 Å². The Hall–Kier alpha value is -0.870. The van der Waals surface area contributed by atoms with Crippen LogP contribution in [0.5, 0.6) is 11.5 Å². The molecule has 1 atom stereocenters. The van der Waals surface area contributed by atoms with Crippen molar-refractivity contribution in [2.75, 3.05) is 32.1 Å². The van der Waals surface area contributed by atoms with Crippen LogP contribution in [-0.4, -0.2) is 32.1 Å². The molecule has 0 spiro atoms. The molecular weight excluding hydrogens is 246 g/mol. The fourth-order valence-electron chi connectivity index (χ4n) is 2.30. The van der Waals surface area contributed by atoms with Crippen LogP contribution < -0.4 is 14.8 Å². The lowest BCUT2D eigenvalue weighted by Gasteiger charge is -2.11. The van der Waals surface area contributed by atoms with E-state index in [2.05, 4.69) is 17.4 Å². The van der Waals surface area contributed by atoms with Gasteiger partial charge in [0.25, 0.3) is 0 Å². The Morgan fingerprint density at radius 3 is 2.94 bits per heavy atom. The molecule has 1 aromatic carbocycles. The highest BCUT2D eigenvalue weighted by molar-refractivity contribution is 7.99. The summed E-state index contributed by atoms with van der Waals surface area (Å²) >= 11 is 1.92. The zero-order valence-electron chi connectivity index (χ0n) is 10.5. The van der Waals surface area contributed by atoms with Gasteiger partial charge in [0.15, 0.2) is 11.5 Å². The van der Waals surface area contributed by atoms with Crippen LogP contribution in [-0.2, 0) is 0 Å². The van der Waals surface area contributed by atoms with E-state index in [1.807, 2.05) is 17.8 Å². The van der Waals surface area contributed by atoms with Crippen LogP contribution in [0.3, 0.4) is 0 Å². The molecule has 0 radical (unpaired) electrons. The molecule has 18 heavy (non-hydrogen) atoms. The molecular formula is C14H19NO2S. The molecule has 1 N–H and O–H groups in total. The lowest BCUT2D eigenvalue weighted by Crippen LogP contribution is -2.10.